The lowest BCUT2D eigenvalue weighted by Gasteiger charge is -2.31. The lowest BCUT2D eigenvalue weighted by atomic mass is 10.1. The lowest BCUT2D eigenvalue weighted by Crippen LogP contribution is -2.33. The normalized spacial score (nSPS) is 12.4. The summed E-state index contributed by atoms with van der Waals surface area (Å²) in [6.45, 7) is 3.75. The maximum Gasteiger partial charge on any atom is 0.264 e. The van der Waals surface area contributed by atoms with Crippen molar-refractivity contribution in [1.82, 2.24) is 0 Å². The van der Waals surface area contributed by atoms with Gasteiger partial charge in [-0.3, -0.25) is 4.31 Å². The summed E-state index contributed by atoms with van der Waals surface area (Å²) in [4.78, 5) is 0.0317. The molecule has 4 nitrogen and oxygen atoms in total. The number of hydrogen-bond acceptors (Lipinski definition) is 3. The zero-order chi connectivity index (χ0) is 20.3. The summed E-state index contributed by atoms with van der Waals surface area (Å²) in [5, 5.41) is 0. The van der Waals surface area contributed by atoms with Crippen LogP contribution in [0.3, 0.4) is 0 Å². The van der Waals surface area contributed by atoms with Crippen molar-refractivity contribution in [1.29, 1.82) is 0 Å². The highest BCUT2D eigenvalue weighted by Gasteiger charge is 2.30. The maximum atomic E-state index is 13.5. The van der Waals surface area contributed by atoms with Gasteiger partial charge < -0.3 is 4.74 Å². The summed E-state index contributed by atoms with van der Waals surface area (Å²) in [5.41, 5.74) is 2.34. The van der Waals surface area contributed by atoms with E-state index in [1.807, 2.05) is 44.2 Å². The fourth-order valence-electron chi connectivity index (χ4n) is 3.02. The van der Waals surface area contributed by atoms with Crippen LogP contribution in [0.5, 0.6) is 5.75 Å². The topological polar surface area (TPSA) is 46.6 Å². The van der Waals surface area contributed by atoms with Gasteiger partial charge in [-0.15, -0.1) is 0 Å². The summed E-state index contributed by atoms with van der Waals surface area (Å²) in [7, 11) is -2.36. The van der Waals surface area contributed by atoms with E-state index < -0.39 is 21.9 Å². The van der Waals surface area contributed by atoms with E-state index in [1.165, 1.54) is 16.4 Å². The summed E-state index contributed by atoms with van der Waals surface area (Å²) < 4.78 is 46.9. The number of aryl methyl sites for hydroxylation is 1. The maximum absolute atomic E-state index is 13.5. The highest BCUT2D eigenvalue weighted by atomic mass is 32.2. The molecule has 0 spiro atoms. The molecule has 146 valence electrons. The van der Waals surface area contributed by atoms with Crippen molar-refractivity contribution in [2.75, 3.05) is 11.4 Å². The predicted molar refractivity (Wildman–Crippen MR) is 109 cm³/mol. The minimum atomic E-state index is -3.92. The number of benzene rings is 3. The van der Waals surface area contributed by atoms with E-state index in [9.17, 15) is 12.8 Å². The second kappa shape index (κ2) is 8.02. The molecule has 0 unspecified atom stereocenters. The van der Waals surface area contributed by atoms with Crippen molar-refractivity contribution in [3.63, 3.8) is 0 Å². The average molecular weight is 399 g/mol. The van der Waals surface area contributed by atoms with Crippen LogP contribution in [0.15, 0.2) is 77.7 Å². The molecule has 28 heavy (non-hydrogen) atoms. The minimum absolute atomic E-state index is 0.0317. The molecule has 3 rings (SSSR count). The lowest BCUT2D eigenvalue weighted by molar-refractivity contribution is 0.414. The van der Waals surface area contributed by atoms with Crippen molar-refractivity contribution in [2.45, 2.75) is 24.8 Å². The van der Waals surface area contributed by atoms with Crippen molar-refractivity contribution >= 4 is 15.7 Å². The highest BCUT2D eigenvalue weighted by Crippen LogP contribution is 2.34. The first-order valence-corrected chi connectivity index (χ1v) is 10.3. The Labute approximate surface area is 165 Å². The fraction of sp³-hybridized carbons (Fsp3) is 0.182. The summed E-state index contributed by atoms with van der Waals surface area (Å²) >= 11 is 0. The van der Waals surface area contributed by atoms with Crippen LogP contribution in [0.2, 0.25) is 0 Å². The largest absolute Gasteiger partial charge is 0.497 e. The molecule has 3 aromatic rings. The van der Waals surface area contributed by atoms with Gasteiger partial charge in [-0.05, 0) is 67.9 Å². The zero-order valence-electron chi connectivity index (χ0n) is 16.0. The summed E-state index contributed by atoms with van der Waals surface area (Å²) in [5.74, 6) is 0.161. The van der Waals surface area contributed by atoms with Gasteiger partial charge in [0.2, 0.25) is 0 Å². The van der Waals surface area contributed by atoms with Crippen molar-refractivity contribution in [3.05, 3.63) is 89.7 Å². The van der Waals surface area contributed by atoms with Crippen LogP contribution in [0, 0.1) is 12.7 Å². The molecule has 0 aliphatic heterocycles. The number of rotatable bonds is 6. The van der Waals surface area contributed by atoms with E-state index in [2.05, 4.69) is 0 Å². The summed E-state index contributed by atoms with van der Waals surface area (Å²) in [6.07, 6.45) is 0. The van der Waals surface area contributed by atoms with Gasteiger partial charge in [-0.2, -0.15) is 0 Å². The first kappa shape index (κ1) is 19.9. The molecular formula is C22H22FNO3S. The standard InChI is InChI=1S/C22H22FNO3S/c1-16-7-11-20(12-8-16)24(17(2)18-5-4-6-21(15-18)27-3)28(25,26)22-13-9-19(23)10-14-22/h4-15,17H,1-3H3/t17-/m0/s1. The molecule has 1 atom stereocenters. The monoisotopic (exact) mass is 399 g/mol. The van der Waals surface area contributed by atoms with Gasteiger partial charge in [0.1, 0.15) is 11.6 Å². The number of halogens is 1. The first-order valence-electron chi connectivity index (χ1n) is 8.83. The Balaban J connectivity index is 2.14. The molecule has 6 heteroatoms. The molecule has 0 heterocycles. The van der Waals surface area contributed by atoms with Crippen molar-refractivity contribution < 1.29 is 17.5 Å². The predicted octanol–water partition coefficient (Wildman–Crippen LogP) is 5.10. The van der Waals surface area contributed by atoms with Gasteiger partial charge in [0, 0.05) is 0 Å². The van der Waals surface area contributed by atoms with Gasteiger partial charge in [-0.25, -0.2) is 12.8 Å². The summed E-state index contributed by atoms with van der Waals surface area (Å²) in [6, 6.07) is 18.9. The van der Waals surface area contributed by atoms with Crippen LogP contribution in [0.4, 0.5) is 10.1 Å². The van der Waals surface area contributed by atoms with E-state index in [-0.39, 0.29) is 4.90 Å². The van der Waals surface area contributed by atoms with Crippen LogP contribution < -0.4 is 9.04 Å². The Morgan fingerprint density at radius 3 is 2.21 bits per heavy atom. The Morgan fingerprint density at radius 2 is 1.61 bits per heavy atom. The number of sulfonamides is 1. The van der Waals surface area contributed by atoms with E-state index >= 15 is 0 Å². The zero-order valence-corrected chi connectivity index (χ0v) is 16.8. The van der Waals surface area contributed by atoms with Crippen LogP contribution in [0.1, 0.15) is 24.1 Å². The van der Waals surface area contributed by atoms with Gasteiger partial charge in [0.15, 0.2) is 0 Å². The second-order valence-electron chi connectivity index (χ2n) is 6.54. The second-order valence-corrected chi connectivity index (χ2v) is 8.36. The third-order valence-corrected chi connectivity index (χ3v) is 6.50. The highest BCUT2D eigenvalue weighted by molar-refractivity contribution is 7.92. The molecule has 0 aromatic heterocycles. The molecule has 0 aliphatic rings. The molecule has 0 aliphatic carbocycles. The third kappa shape index (κ3) is 4.02. The Morgan fingerprint density at radius 1 is 0.964 bits per heavy atom. The quantitative estimate of drug-likeness (QED) is 0.579. The van der Waals surface area contributed by atoms with E-state index in [1.54, 1.807) is 25.3 Å². The number of hydrogen-bond donors (Lipinski definition) is 0. The van der Waals surface area contributed by atoms with Crippen LogP contribution >= 0.6 is 0 Å². The van der Waals surface area contributed by atoms with Gasteiger partial charge >= 0.3 is 0 Å². The Bertz CT molecular complexity index is 1050. The number of ether oxygens (including phenoxy) is 1. The van der Waals surface area contributed by atoms with E-state index in [0.717, 1.165) is 23.3 Å². The number of nitrogens with zero attached hydrogens (tertiary/aromatic N) is 1. The average Bonchev–Trinajstić information content (AvgIpc) is 2.70. The van der Waals surface area contributed by atoms with Crippen molar-refractivity contribution in [2.24, 2.45) is 0 Å². The van der Waals surface area contributed by atoms with Crippen LogP contribution in [-0.2, 0) is 10.0 Å². The van der Waals surface area contributed by atoms with Crippen LogP contribution in [0.25, 0.3) is 0 Å². The smallest absolute Gasteiger partial charge is 0.264 e. The van der Waals surface area contributed by atoms with Crippen LogP contribution in [-0.4, -0.2) is 15.5 Å². The van der Waals surface area contributed by atoms with E-state index in [0.29, 0.717) is 11.4 Å². The van der Waals surface area contributed by atoms with Gasteiger partial charge in [0.05, 0.1) is 23.7 Å². The molecular weight excluding hydrogens is 377 g/mol. The molecule has 0 saturated heterocycles. The van der Waals surface area contributed by atoms with Crippen molar-refractivity contribution in [3.8, 4) is 5.75 Å². The molecule has 0 N–H and O–H groups in total. The third-order valence-electron chi connectivity index (χ3n) is 4.59. The molecule has 0 amide bonds. The Kier molecular flexibility index (Phi) is 5.70. The molecule has 0 fully saturated rings. The SMILES string of the molecule is COc1cccc([C@H](C)N(c2ccc(C)cc2)S(=O)(=O)c2ccc(F)cc2)c1. The van der Waals surface area contributed by atoms with Gasteiger partial charge in [-0.1, -0.05) is 29.8 Å². The number of anilines is 1. The first-order chi connectivity index (χ1) is 13.3. The van der Waals surface area contributed by atoms with Gasteiger partial charge in [0.25, 0.3) is 10.0 Å². The Hall–Kier alpha value is -2.86. The minimum Gasteiger partial charge on any atom is -0.497 e. The number of methoxy groups -OCH3 is 1. The molecule has 0 bridgehead atoms. The molecule has 0 radical (unpaired) electrons. The fourth-order valence-corrected chi connectivity index (χ4v) is 4.66. The molecule has 3 aromatic carbocycles. The van der Waals surface area contributed by atoms with E-state index in [4.69, 9.17) is 4.74 Å². The molecule has 0 saturated carbocycles.